The lowest BCUT2D eigenvalue weighted by atomic mass is 9.67. The lowest BCUT2D eigenvalue weighted by Crippen LogP contribution is -2.52. The van der Waals surface area contributed by atoms with E-state index in [1.807, 2.05) is 0 Å². The van der Waals surface area contributed by atoms with E-state index in [2.05, 4.69) is 0 Å². The SMILES string of the molecule is COC(=O)C1=C(N)OC(C)=C(C(=O)OC(C)C)C12C(=O)N(CC(N)=O)c1ccccc12. The van der Waals surface area contributed by atoms with Crippen molar-refractivity contribution in [2.75, 3.05) is 18.6 Å². The Hall–Kier alpha value is -3.82. The Balaban J connectivity index is 2.42. The van der Waals surface area contributed by atoms with Gasteiger partial charge in [-0.3, -0.25) is 9.59 Å². The molecule has 164 valence electrons. The van der Waals surface area contributed by atoms with Crippen molar-refractivity contribution in [3.05, 3.63) is 52.6 Å². The molecule has 1 aromatic rings. The van der Waals surface area contributed by atoms with Crippen molar-refractivity contribution in [2.45, 2.75) is 32.3 Å². The van der Waals surface area contributed by atoms with Gasteiger partial charge in [0.25, 0.3) is 0 Å². The summed E-state index contributed by atoms with van der Waals surface area (Å²) in [5, 5.41) is 0. The highest BCUT2D eigenvalue weighted by Gasteiger charge is 2.64. The van der Waals surface area contributed by atoms with Crippen LogP contribution in [0.15, 0.2) is 47.1 Å². The van der Waals surface area contributed by atoms with Crippen molar-refractivity contribution in [3.63, 3.8) is 0 Å². The van der Waals surface area contributed by atoms with Gasteiger partial charge < -0.3 is 30.6 Å². The molecule has 1 atom stereocenters. The van der Waals surface area contributed by atoms with Crippen molar-refractivity contribution >= 4 is 29.4 Å². The number of primary amides is 1. The molecule has 0 aromatic heterocycles. The number of nitrogens with two attached hydrogens (primary N) is 2. The average molecular weight is 429 g/mol. The van der Waals surface area contributed by atoms with Crippen LogP contribution in [-0.4, -0.2) is 43.5 Å². The fourth-order valence-corrected chi connectivity index (χ4v) is 4.02. The minimum atomic E-state index is -2.03. The normalized spacial score (nSPS) is 20.2. The highest BCUT2D eigenvalue weighted by Crippen LogP contribution is 2.54. The number of nitrogens with zero attached hydrogens (tertiary/aromatic N) is 1. The van der Waals surface area contributed by atoms with Gasteiger partial charge in [0.2, 0.25) is 17.7 Å². The topological polar surface area (TPSA) is 151 Å². The predicted octanol–water partition coefficient (Wildman–Crippen LogP) is 0.355. The second-order valence-corrected chi connectivity index (χ2v) is 7.34. The fraction of sp³-hybridized carbons (Fsp3) is 0.333. The Morgan fingerprint density at radius 1 is 1.16 bits per heavy atom. The molecule has 10 nitrogen and oxygen atoms in total. The number of carbonyl (C=O) groups excluding carboxylic acids is 4. The van der Waals surface area contributed by atoms with Crippen LogP contribution < -0.4 is 16.4 Å². The van der Waals surface area contributed by atoms with Gasteiger partial charge in [0.15, 0.2) is 0 Å². The van der Waals surface area contributed by atoms with Crippen LogP contribution in [0.2, 0.25) is 0 Å². The Morgan fingerprint density at radius 3 is 2.39 bits per heavy atom. The number of para-hydroxylation sites is 1. The summed E-state index contributed by atoms with van der Waals surface area (Å²) in [6.45, 7) is 4.24. The molecular weight excluding hydrogens is 406 g/mol. The number of hydrogen-bond acceptors (Lipinski definition) is 8. The highest BCUT2D eigenvalue weighted by molar-refractivity contribution is 6.23. The van der Waals surface area contributed by atoms with Crippen LogP contribution in [0.4, 0.5) is 5.69 Å². The van der Waals surface area contributed by atoms with Gasteiger partial charge in [0.1, 0.15) is 28.9 Å². The molecular formula is C21H23N3O7. The molecule has 1 aromatic carbocycles. The van der Waals surface area contributed by atoms with Gasteiger partial charge in [-0.15, -0.1) is 0 Å². The van der Waals surface area contributed by atoms with E-state index in [1.54, 1.807) is 38.1 Å². The van der Waals surface area contributed by atoms with Crippen molar-refractivity contribution < 1.29 is 33.4 Å². The zero-order valence-electron chi connectivity index (χ0n) is 17.6. The van der Waals surface area contributed by atoms with Gasteiger partial charge in [-0.25, -0.2) is 9.59 Å². The summed E-state index contributed by atoms with van der Waals surface area (Å²) in [4.78, 5) is 52.8. The molecule has 2 aliphatic heterocycles. The Bertz CT molecular complexity index is 1060. The number of rotatable bonds is 5. The minimum Gasteiger partial charge on any atom is -0.465 e. The van der Waals surface area contributed by atoms with Crippen LogP contribution in [0.5, 0.6) is 0 Å². The van der Waals surface area contributed by atoms with Crippen LogP contribution >= 0.6 is 0 Å². The Labute approximate surface area is 178 Å². The summed E-state index contributed by atoms with van der Waals surface area (Å²) in [6.07, 6.45) is -0.525. The molecule has 0 aliphatic carbocycles. The van der Waals surface area contributed by atoms with Gasteiger partial charge in [0, 0.05) is 11.3 Å². The summed E-state index contributed by atoms with van der Waals surface area (Å²) < 4.78 is 15.7. The number of hydrogen-bond donors (Lipinski definition) is 2. The molecule has 4 N–H and O–H groups in total. The fourth-order valence-electron chi connectivity index (χ4n) is 4.02. The molecule has 0 radical (unpaired) electrons. The number of methoxy groups -OCH3 is 1. The second kappa shape index (κ2) is 7.78. The van der Waals surface area contributed by atoms with E-state index in [1.165, 1.54) is 6.92 Å². The van der Waals surface area contributed by atoms with Crippen LogP contribution in [0.3, 0.4) is 0 Å². The molecule has 2 amide bonds. The highest BCUT2D eigenvalue weighted by atomic mass is 16.5. The monoisotopic (exact) mass is 429 g/mol. The smallest absolute Gasteiger partial charge is 0.340 e. The lowest BCUT2D eigenvalue weighted by Gasteiger charge is -2.36. The van der Waals surface area contributed by atoms with E-state index in [-0.39, 0.29) is 22.5 Å². The summed E-state index contributed by atoms with van der Waals surface area (Å²) >= 11 is 0. The minimum absolute atomic E-state index is 0.0140. The van der Waals surface area contributed by atoms with E-state index >= 15 is 0 Å². The molecule has 0 fully saturated rings. The Kier molecular flexibility index (Phi) is 5.49. The molecule has 0 saturated heterocycles. The molecule has 10 heteroatoms. The summed E-state index contributed by atoms with van der Waals surface area (Å²) in [5.74, 6) is -3.80. The third-order valence-corrected chi connectivity index (χ3v) is 5.03. The van der Waals surface area contributed by atoms with E-state index in [4.69, 9.17) is 25.7 Å². The first kappa shape index (κ1) is 21.9. The zero-order chi connectivity index (χ0) is 23.1. The zero-order valence-corrected chi connectivity index (χ0v) is 17.6. The number of benzene rings is 1. The summed E-state index contributed by atoms with van der Waals surface area (Å²) in [7, 11) is 1.11. The predicted molar refractivity (Wildman–Crippen MR) is 108 cm³/mol. The molecule has 2 heterocycles. The van der Waals surface area contributed by atoms with Crippen LogP contribution in [0, 0.1) is 0 Å². The second-order valence-electron chi connectivity index (χ2n) is 7.34. The van der Waals surface area contributed by atoms with Gasteiger partial charge >= 0.3 is 11.9 Å². The van der Waals surface area contributed by atoms with Gasteiger partial charge in [0.05, 0.1) is 13.2 Å². The lowest BCUT2D eigenvalue weighted by molar-refractivity contribution is -0.145. The number of ether oxygens (including phenoxy) is 3. The number of carbonyl (C=O) groups is 4. The molecule has 1 spiro atoms. The number of amides is 2. The van der Waals surface area contributed by atoms with Crippen molar-refractivity contribution in [1.29, 1.82) is 0 Å². The van der Waals surface area contributed by atoms with Gasteiger partial charge in [-0.2, -0.15) is 0 Å². The summed E-state index contributed by atoms with van der Waals surface area (Å²) in [5.41, 5.74) is 9.32. The Morgan fingerprint density at radius 2 is 1.81 bits per heavy atom. The van der Waals surface area contributed by atoms with Crippen molar-refractivity contribution in [1.82, 2.24) is 0 Å². The number of esters is 2. The number of fused-ring (bicyclic) bond motifs is 2. The van der Waals surface area contributed by atoms with E-state index in [9.17, 15) is 19.2 Å². The van der Waals surface area contributed by atoms with E-state index in [0.717, 1.165) is 12.0 Å². The standard InChI is InChI=1S/C21H23N3O7/c1-10(2)30-19(27)15-11(3)31-17(23)16(18(26)29-4)21(15)12-7-5-6-8-13(12)24(20(21)28)9-14(22)25/h5-8,10H,9,23H2,1-4H3,(H2,22,25). The van der Waals surface area contributed by atoms with Crippen LogP contribution in [0.1, 0.15) is 26.3 Å². The van der Waals surface area contributed by atoms with E-state index in [0.29, 0.717) is 5.69 Å². The quantitative estimate of drug-likeness (QED) is 0.637. The third-order valence-electron chi connectivity index (χ3n) is 5.03. The molecule has 3 rings (SSSR count). The van der Waals surface area contributed by atoms with Gasteiger partial charge in [-0.1, -0.05) is 18.2 Å². The number of allylic oxidation sites excluding steroid dienone is 1. The molecule has 31 heavy (non-hydrogen) atoms. The molecule has 0 saturated carbocycles. The first-order valence-corrected chi connectivity index (χ1v) is 9.45. The van der Waals surface area contributed by atoms with Gasteiger partial charge in [-0.05, 0) is 26.8 Å². The van der Waals surface area contributed by atoms with Crippen LogP contribution in [-0.2, 0) is 38.8 Å². The third kappa shape index (κ3) is 3.20. The maximum Gasteiger partial charge on any atom is 0.340 e. The maximum atomic E-state index is 13.9. The van der Waals surface area contributed by atoms with E-state index < -0.39 is 47.7 Å². The maximum absolute atomic E-state index is 13.9. The largest absolute Gasteiger partial charge is 0.465 e. The van der Waals surface area contributed by atoms with Crippen molar-refractivity contribution in [2.24, 2.45) is 11.5 Å². The average Bonchev–Trinajstić information content (AvgIpc) is 2.90. The van der Waals surface area contributed by atoms with Crippen molar-refractivity contribution in [3.8, 4) is 0 Å². The first-order valence-electron chi connectivity index (χ1n) is 9.45. The summed E-state index contributed by atoms with van der Waals surface area (Å²) in [6, 6.07) is 6.41. The molecule has 1 unspecified atom stereocenters. The first-order chi connectivity index (χ1) is 14.6. The number of anilines is 1. The molecule has 2 aliphatic rings. The molecule has 0 bridgehead atoms. The van der Waals surface area contributed by atoms with Crippen LogP contribution in [0.25, 0.3) is 0 Å².